The number of hydrogen-bond acceptors (Lipinski definition) is 3. The molecular weight excluding hydrogens is 749 g/mol. The summed E-state index contributed by atoms with van der Waals surface area (Å²) in [5.74, 6) is 0. The maximum absolute atomic E-state index is 9.70. The van der Waals surface area contributed by atoms with Crippen molar-refractivity contribution in [1.29, 1.82) is 5.26 Å². The van der Waals surface area contributed by atoms with Gasteiger partial charge in [-0.1, -0.05) is 140 Å². The van der Waals surface area contributed by atoms with E-state index in [2.05, 4.69) is 197 Å². The van der Waals surface area contributed by atoms with Crippen LogP contribution in [0.5, 0.6) is 0 Å². The van der Waals surface area contributed by atoms with E-state index in [1.165, 1.54) is 31.5 Å². The molecule has 0 radical (unpaired) electrons. The van der Waals surface area contributed by atoms with E-state index in [4.69, 9.17) is 9.40 Å². The SMILES string of the molecule is N#Cc1cnc2c(c1)c1ccccc1n2-c1ccc([Si](c2ccccc2)(c2ccccc2)c2ccc(-n3c4ccccc4c4ccc5oc6ccccc6c5c43)cc2)cc1. The number of hydrogen-bond donors (Lipinski definition) is 0. The van der Waals surface area contributed by atoms with Gasteiger partial charge in [-0.3, -0.25) is 4.57 Å². The van der Waals surface area contributed by atoms with Gasteiger partial charge in [-0.15, -0.1) is 0 Å². The lowest BCUT2D eigenvalue weighted by Crippen LogP contribution is -2.74. The van der Waals surface area contributed by atoms with Crippen LogP contribution in [0.2, 0.25) is 0 Å². The third-order valence-corrected chi connectivity index (χ3v) is 17.1. The molecule has 5 nitrogen and oxygen atoms in total. The van der Waals surface area contributed by atoms with E-state index in [0.29, 0.717) is 5.56 Å². The topological polar surface area (TPSA) is 59.7 Å². The fraction of sp³-hybridized carbons (Fsp3) is 0. The summed E-state index contributed by atoms with van der Waals surface area (Å²) in [7, 11) is -2.90. The van der Waals surface area contributed by atoms with Gasteiger partial charge in [0.1, 0.15) is 22.9 Å². The normalized spacial score (nSPS) is 12.0. The summed E-state index contributed by atoms with van der Waals surface area (Å²) in [4.78, 5) is 4.82. The second-order valence-electron chi connectivity index (χ2n) is 15.4. The van der Waals surface area contributed by atoms with E-state index in [9.17, 15) is 5.26 Å². The van der Waals surface area contributed by atoms with E-state index in [0.717, 1.165) is 66.3 Å². The summed E-state index contributed by atoms with van der Waals surface area (Å²) in [6.45, 7) is 0. The van der Waals surface area contributed by atoms with Gasteiger partial charge in [-0.05, 0) is 81.4 Å². The lowest BCUT2D eigenvalue weighted by molar-refractivity contribution is 0.669. The zero-order chi connectivity index (χ0) is 39.8. The third-order valence-electron chi connectivity index (χ3n) is 12.3. The standard InChI is InChI=1S/C54H34N4OSi/c55-34-36-33-47-44-18-8-11-21-49(44)58(54(47)56-35-36)38-25-29-42(30-26-38)60(39-13-3-1-4-14-39,40-15-5-2-6-16-40)41-27-23-37(24-28-41)57-48-20-10-7-17-43(48)45-31-32-51-52(53(45)57)46-19-9-12-22-50(46)59-51/h1-33,35H. The van der Waals surface area contributed by atoms with Crippen molar-refractivity contribution in [2.24, 2.45) is 0 Å². The molecule has 0 spiro atoms. The molecule has 6 heteroatoms. The first-order chi connectivity index (χ1) is 29.7. The summed E-state index contributed by atoms with van der Waals surface area (Å²) in [6.07, 6.45) is 1.66. The molecule has 4 heterocycles. The molecule has 0 N–H and O–H groups in total. The number of para-hydroxylation sites is 3. The maximum atomic E-state index is 9.70. The van der Waals surface area contributed by atoms with Crippen molar-refractivity contribution >= 4 is 94.5 Å². The van der Waals surface area contributed by atoms with Crippen molar-refractivity contribution in [3.05, 3.63) is 212 Å². The minimum atomic E-state index is -2.90. The highest BCUT2D eigenvalue weighted by atomic mass is 28.3. The first kappa shape index (κ1) is 34.1. The van der Waals surface area contributed by atoms with E-state index in [1.54, 1.807) is 6.20 Å². The van der Waals surface area contributed by atoms with Crippen molar-refractivity contribution < 1.29 is 4.42 Å². The van der Waals surface area contributed by atoms with E-state index >= 15 is 0 Å². The van der Waals surface area contributed by atoms with Crippen molar-refractivity contribution in [3.63, 3.8) is 0 Å². The molecule has 60 heavy (non-hydrogen) atoms. The van der Waals surface area contributed by atoms with E-state index in [1.807, 2.05) is 18.2 Å². The number of pyridine rings is 1. The summed E-state index contributed by atoms with van der Waals surface area (Å²) in [5.41, 5.74) is 8.64. The Morgan fingerprint density at radius 1 is 0.450 bits per heavy atom. The number of rotatable bonds is 6. The highest BCUT2D eigenvalue weighted by Crippen LogP contribution is 2.40. The molecule has 0 fully saturated rings. The second kappa shape index (κ2) is 13.3. The van der Waals surface area contributed by atoms with Crippen LogP contribution in [0.25, 0.3) is 77.1 Å². The molecule has 0 aliphatic rings. The highest BCUT2D eigenvalue weighted by Gasteiger charge is 2.41. The molecule has 0 unspecified atom stereocenters. The molecule has 4 aromatic heterocycles. The molecule has 8 aromatic carbocycles. The van der Waals surface area contributed by atoms with Crippen LogP contribution < -0.4 is 20.7 Å². The Bertz CT molecular complexity index is 3610. The maximum Gasteiger partial charge on any atom is 0.179 e. The van der Waals surface area contributed by atoms with Gasteiger partial charge in [0.2, 0.25) is 0 Å². The number of aromatic nitrogens is 3. The minimum Gasteiger partial charge on any atom is -0.456 e. The fourth-order valence-corrected chi connectivity index (χ4v) is 14.5. The van der Waals surface area contributed by atoms with Gasteiger partial charge in [-0.25, -0.2) is 4.98 Å². The van der Waals surface area contributed by atoms with Gasteiger partial charge >= 0.3 is 0 Å². The van der Waals surface area contributed by atoms with Crippen LogP contribution in [0.4, 0.5) is 0 Å². The number of furan rings is 1. The third kappa shape index (κ3) is 4.87. The first-order valence-electron chi connectivity index (χ1n) is 20.2. The van der Waals surface area contributed by atoms with Crippen LogP contribution in [0, 0.1) is 11.3 Å². The molecule has 0 aliphatic heterocycles. The highest BCUT2D eigenvalue weighted by molar-refractivity contribution is 7.19. The van der Waals surface area contributed by atoms with E-state index in [-0.39, 0.29) is 0 Å². The Kier molecular flexibility index (Phi) is 7.55. The predicted octanol–water partition coefficient (Wildman–Crippen LogP) is 10.4. The average Bonchev–Trinajstić information content (AvgIpc) is 3.98. The van der Waals surface area contributed by atoms with E-state index < -0.39 is 8.07 Å². The lowest BCUT2D eigenvalue weighted by Gasteiger charge is -2.34. The van der Waals surface area contributed by atoms with Gasteiger partial charge in [-0.2, -0.15) is 5.26 Å². The Labute approximate surface area is 346 Å². The average molecular weight is 783 g/mol. The summed E-state index contributed by atoms with van der Waals surface area (Å²) >= 11 is 0. The Balaban J connectivity index is 1.08. The van der Waals surface area contributed by atoms with Crippen molar-refractivity contribution in [1.82, 2.24) is 14.1 Å². The summed E-state index contributed by atoms with van der Waals surface area (Å²) in [5, 5.41) is 21.6. The molecule has 0 saturated carbocycles. The van der Waals surface area contributed by atoms with Crippen LogP contribution >= 0.6 is 0 Å². The van der Waals surface area contributed by atoms with Crippen LogP contribution in [0.3, 0.4) is 0 Å². The summed E-state index contributed by atoms with van der Waals surface area (Å²) < 4.78 is 11.0. The van der Waals surface area contributed by atoms with Crippen LogP contribution in [0.1, 0.15) is 5.56 Å². The number of fused-ring (bicyclic) bond motifs is 10. The van der Waals surface area contributed by atoms with Gasteiger partial charge in [0.25, 0.3) is 0 Å². The van der Waals surface area contributed by atoms with Crippen LogP contribution in [-0.2, 0) is 0 Å². The minimum absolute atomic E-state index is 0.551. The summed E-state index contributed by atoms with van der Waals surface area (Å²) in [6, 6.07) is 74.5. The van der Waals surface area contributed by atoms with Crippen molar-refractivity contribution in [2.45, 2.75) is 0 Å². The first-order valence-corrected chi connectivity index (χ1v) is 22.2. The Morgan fingerprint density at radius 2 is 0.967 bits per heavy atom. The molecule has 12 aromatic rings. The lowest BCUT2D eigenvalue weighted by atomic mass is 10.1. The largest absolute Gasteiger partial charge is 0.456 e. The molecular formula is C54H34N4OSi. The monoisotopic (exact) mass is 782 g/mol. The van der Waals surface area contributed by atoms with Gasteiger partial charge < -0.3 is 8.98 Å². The smallest absolute Gasteiger partial charge is 0.179 e. The quantitative estimate of drug-likeness (QED) is 0.125. The Hall–Kier alpha value is -7.98. The molecule has 0 aliphatic carbocycles. The Morgan fingerprint density at radius 3 is 1.60 bits per heavy atom. The molecule has 0 amide bonds. The number of benzene rings is 8. The van der Waals surface area contributed by atoms with Gasteiger partial charge in [0.05, 0.1) is 27.5 Å². The molecule has 0 atom stereocenters. The molecule has 0 saturated heterocycles. The zero-order valence-corrected chi connectivity index (χ0v) is 33.3. The number of nitrogens with zero attached hydrogens (tertiary/aromatic N) is 4. The fourth-order valence-electron chi connectivity index (χ4n) is 9.80. The molecule has 280 valence electrons. The van der Waals surface area contributed by atoms with Crippen LogP contribution in [0.15, 0.2) is 211 Å². The molecule has 12 rings (SSSR count). The molecule has 0 bridgehead atoms. The van der Waals surface area contributed by atoms with Crippen molar-refractivity contribution in [3.8, 4) is 17.4 Å². The van der Waals surface area contributed by atoms with Crippen LogP contribution in [-0.4, -0.2) is 22.2 Å². The van der Waals surface area contributed by atoms with Crippen molar-refractivity contribution in [2.75, 3.05) is 0 Å². The van der Waals surface area contributed by atoms with Gasteiger partial charge in [0.15, 0.2) is 8.07 Å². The van der Waals surface area contributed by atoms with Gasteiger partial charge in [0, 0.05) is 44.5 Å². The number of nitriles is 1. The second-order valence-corrected chi connectivity index (χ2v) is 19.2. The zero-order valence-electron chi connectivity index (χ0n) is 32.3. The predicted molar refractivity (Wildman–Crippen MR) is 249 cm³/mol.